The Labute approximate surface area is 132 Å². The number of fused-ring (bicyclic) bond motifs is 1. The Kier molecular flexibility index (Phi) is 3.91. The molecule has 3 rings (SSSR count). The minimum absolute atomic E-state index is 0.145. The number of anilines is 1. The number of thiophene rings is 1. The smallest absolute Gasteiger partial charge is 0.139 e. The van der Waals surface area contributed by atoms with Crippen LogP contribution < -0.4 is 5.32 Å². The van der Waals surface area contributed by atoms with Gasteiger partial charge in [-0.3, -0.25) is 0 Å². The lowest BCUT2D eigenvalue weighted by Gasteiger charge is -2.13. The molecule has 1 atom stereocenters. The van der Waals surface area contributed by atoms with Gasteiger partial charge in [0.2, 0.25) is 0 Å². The van der Waals surface area contributed by atoms with E-state index >= 15 is 0 Å². The average Bonchev–Trinajstić information content (AvgIpc) is 3.05. The first-order valence-electron chi connectivity index (χ1n) is 7.02. The molecule has 0 spiro atoms. The fourth-order valence-electron chi connectivity index (χ4n) is 2.25. The van der Waals surface area contributed by atoms with E-state index in [0.29, 0.717) is 0 Å². The van der Waals surface area contributed by atoms with Crippen molar-refractivity contribution in [2.24, 2.45) is 0 Å². The van der Waals surface area contributed by atoms with E-state index in [0.717, 1.165) is 33.3 Å². The van der Waals surface area contributed by atoms with Crippen LogP contribution in [0.2, 0.25) is 0 Å². The zero-order chi connectivity index (χ0) is 15.0. The van der Waals surface area contributed by atoms with Crippen molar-refractivity contribution in [2.75, 3.05) is 5.32 Å². The van der Waals surface area contributed by atoms with Gasteiger partial charge in [0.05, 0.1) is 11.4 Å². The number of thiazole rings is 1. The molecule has 0 aromatic carbocycles. The van der Waals surface area contributed by atoms with Crippen LogP contribution in [0.4, 0.5) is 5.82 Å². The second-order valence-electron chi connectivity index (χ2n) is 5.10. The molecule has 110 valence electrons. The molecule has 0 bridgehead atoms. The van der Waals surface area contributed by atoms with E-state index in [-0.39, 0.29) is 6.04 Å². The Morgan fingerprint density at radius 3 is 2.81 bits per heavy atom. The molecule has 3 aromatic rings. The first-order valence-corrected chi connectivity index (χ1v) is 8.71. The van der Waals surface area contributed by atoms with E-state index in [4.69, 9.17) is 0 Å². The zero-order valence-corrected chi connectivity index (χ0v) is 14.2. The monoisotopic (exact) mass is 318 g/mol. The summed E-state index contributed by atoms with van der Waals surface area (Å²) in [5, 5.41) is 7.87. The van der Waals surface area contributed by atoms with Crippen LogP contribution in [-0.4, -0.2) is 15.0 Å². The van der Waals surface area contributed by atoms with E-state index in [2.05, 4.69) is 46.4 Å². The average molecular weight is 318 g/mol. The van der Waals surface area contributed by atoms with Crippen molar-refractivity contribution in [1.29, 1.82) is 0 Å². The minimum atomic E-state index is 0.145. The molecule has 0 saturated carbocycles. The van der Waals surface area contributed by atoms with Gasteiger partial charge in [-0.1, -0.05) is 6.92 Å². The highest BCUT2D eigenvalue weighted by Gasteiger charge is 2.15. The second kappa shape index (κ2) is 5.69. The molecule has 0 aliphatic carbocycles. The number of hydrogen-bond acceptors (Lipinski definition) is 6. The maximum Gasteiger partial charge on any atom is 0.139 e. The van der Waals surface area contributed by atoms with Crippen molar-refractivity contribution in [3.8, 4) is 0 Å². The number of aryl methyl sites for hydroxylation is 3. The molecule has 0 saturated heterocycles. The Balaban J connectivity index is 1.95. The Morgan fingerprint density at radius 2 is 2.10 bits per heavy atom. The first kappa shape index (κ1) is 14.4. The number of hydrogen-bond donors (Lipinski definition) is 1. The zero-order valence-electron chi connectivity index (χ0n) is 12.6. The van der Waals surface area contributed by atoms with E-state index in [1.165, 1.54) is 10.4 Å². The molecular weight excluding hydrogens is 300 g/mol. The largest absolute Gasteiger partial charge is 0.360 e. The van der Waals surface area contributed by atoms with Crippen molar-refractivity contribution in [3.63, 3.8) is 0 Å². The van der Waals surface area contributed by atoms with Crippen molar-refractivity contribution >= 4 is 38.7 Å². The summed E-state index contributed by atoms with van der Waals surface area (Å²) in [6, 6.07) is 0.145. The summed E-state index contributed by atoms with van der Waals surface area (Å²) in [5.74, 6) is 1.71. The SMILES string of the molecule is CCc1cnc(C(C)Nc2nc(C)nc3scc(C)c23)s1. The van der Waals surface area contributed by atoms with Gasteiger partial charge in [-0.05, 0) is 38.1 Å². The highest BCUT2D eigenvalue weighted by Crippen LogP contribution is 2.32. The summed E-state index contributed by atoms with van der Waals surface area (Å²) in [7, 11) is 0. The molecule has 3 heterocycles. The van der Waals surface area contributed by atoms with Crippen LogP contribution in [0, 0.1) is 13.8 Å². The Hall–Kier alpha value is -1.53. The van der Waals surface area contributed by atoms with Crippen molar-refractivity contribution in [1.82, 2.24) is 15.0 Å². The predicted molar refractivity (Wildman–Crippen MR) is 90.4 cm³/mol. The van der Waals surface area contributed by atoms with Crippen LogP contribution >= 0.6 is 22.7 Å². The molecule has 6 heteroatoms. The number of nitrogens with one attached hydrogen (secondary N) is 1. The van der Waals surface area contributed by atoms with Crippen molar-refractivity contribution in [3.05, 3.63) is 32.8 Å². The lowest BCUT2D eigenvalue weighted by Crippen LogP contribution is -2.09. The number of rotatable bonds is 4. The van der Waals surface area contributed by atoms with Gasteiger partial charge in [-0.15, -0.1) is 22.7 Å². The normalized spacial score (nSPS) is 12.8. The van der Waals surface area contributed by atoms with Gasteiger partial charge < -0.3 is 5.32 Å². The quantitative estimate of drug-likeness (QED) is 0.769. The topological polar surface area (TPSA) is 50.7 Å². The summed E-state index contributed by atoms with van der Waals surface area (Å²) in [4.78, 5) is 16.0. The van der Waals surface area contributed by atoms with Gasteiger partial charge in [0, 0.05) is 11.1 Å². The molecule has 3 aromatic heterocycles. The molecule has 0 radical (unpaired) electrons. The fourth-order valence-corrected chi connectivity index (χ4v) is 4.07. The first-order chi connectivity index (χ1) is 10.1. The summed E-state index contributed by atoms with van der Waals surface area (Å²) >= 11 is 3.43. The fraction of sp³-hybridized carbons (Fsp3) is 0.400. The lowest BCUT2D eigenvalue weighted by atomic mass is 10.2. The molecule has 21 heavy (non-hydrogen) atoms. The Morgan fingerprint density at radius 1 is 1.29 bits per heavy atom. The molecular formula is C15H18N4S2. The van der Waals surface area contributed by atoms with Gasteiger partial charge in [-0.2, -0.15) is 0 Å². The standard InChI is InChI=1S/C15H18N4S2/c1-5-11-6-16-14(21-11)9(3)17-13-12-8(2)7-20-15(12)19-10(4)18-13/h6-7,9H,5H2,1-4H3,(H,17,18,19). The van der Waals surface area contributed by atoms with Crippen LogP contribution in [0.3, 0.4) is 0 Å². The van der Waals surface area contributed by atoms with Gasteiger partial charge >= 0.3 is 0 Å². The van der Waals surface area contributed by atoms with Crippen LogP contribution in [0.1, 0.15) is 41.2 Å². The van der Waals surface area contributed by atoms with Crippen LogP contribution in [0.25, 0.3) is 10.2 Å². The van der Waals surface area contributed by atoms with Gasteiger partial charge in [0.1, 0.15) is 21.5 Å². The van der Waals surface area contributed by atoms with Gasteiger partial charge in [-0.25, -0.2) is 15.0 Å². The highest BCUT2D eigenvalue weighted by atomic mass is 32.1. The van der Waals surface area contributed by atoms with E-state index < -0.39 is 0 Å². The molecule has 4 nitrogen and oxygen atoms in total. The predicted octanol–water partition coefficient (Wildman–Crippen LogP) is 4.50. The summed E-state index contributed by atoms with van der Waals surface area (Å²) < 4.78 is 0. The third-order valence-corrected chi connectivity index (χ3v) is 5.69. The molecule has 0 fully saturated rings. The van der Waals surface area contributed by atoms with Gasteiger partial charge in [0.15, 0.2) is 0 Å². The van der Waals surface area contributed by atoms with Crippen molar-refractivity contribution < 1.29 is 0 Å². The number of aromatic nitrogens is 3. The second-order valence-corrected chi connectivity index (χ2v) is 7.11. The van der Waals surface area contributed by atoms with Crippen LogP contribution in [0.15, 0.2) is 11.6 Å². The van der Waals surface area contributed by atoms with E-state index in [1.807, 2.05) is 13.1 Å². The highest BCUT2D eigenvalue weighted by molar-refractivity contribution is 7.17. The number of nitrogens with zero attached hydrogens (tertiary/aromatic N) is 3. The summed E-state index contributed by atoms with van der Waals surface area (Å²) in [6.07, 6.45) is 3.00. The van der Waals surface area contributed by atoms with Crippen LogP contribution in [0.5, 0.6) is 0 Å². The maximum atomic E-state index is 4.59. The minimum Gasteiger partial charge on any atom is -0.360 e. The van der Waals surface area contributed by atoms with Crippen molar-refractivity contribution in [2.45, 2.75) is 40.2 Å². The maximum absolute atomic E-state index is 4.59. The summed E-state index contributed by atoms with van der Waals surface area (Å²) in [5.41, 5.74) is 1.22. The van der Waals surface area contributed by atoms with E-state index in [1.54, 1.807) is 22.7 Å². The summed E-state index contributed by atoms with van der Waals surface area (Å²) in [6.45, 7) is 8.32. The van der Waals surface area contributed by atoms with E-state index in [9.17, 15) is 0 Å². The van der Waals surface area contributed by atoms with Crippen LogP contribution in [-0.2, 0) is 6.42 Å². The molecule has 0 amide bonds. The molecule has 0 aliphatic rings. The van der Waals surface area contributed by atoms with Gasteiger partial charge in [0.25, 0.3) is 0 Å². The molecule has 1 N–H and O–H groups in total. The Bertz CT molecular complexity index is 775. The molecule has 1 unspecified atom stereocenters. The third-order valence-electron chi connectivity index (χ3n) is 3.37. The lowest BCUT2D eigenvalue weighted by molar-refractivity contribution is 0.859. The molecule has 0 aliphatic heterocycles. The third kappa shape index (κ3) is 2.78.